The van der Waals surface area contributed by atoms with E-state index in [1.165, 1.54) is 16.9 Å². The lowest BCUT2D eigenvalue weighted by atomic mass is 10.2. The number of fused-ring (bicyclic) bond motifs is 2. The van der Waals surface area contributed by atoms with Crippen molar-refractivity contribution < 1.29 is 17.6 Å². The van der Waals surface area contributed by atoms with Crippen molar-refractivity contribution in [2.75, 3.05) is 0 Å². The molecule has 2 N–H and O–H groups in total. The van der Waals surface area contributed by atoms with Crippen LogP contribution in [-0.2, 0) is 19.3 Å². The molecule has 0 fully saturated rings. The summed E-state index contributed by atoms with van der Waals surface area (Å²) in [6.45, 7) is 4.32. The van der Waals surface area contributed by atoms with Gasteiger partial charge >= 0.3 is 6.18 Å². The van der Waals surface area contributed by atoms with Crippen molar-refractivity contribution in [2.24, 2.45) is 0 Å². The minimum Gasteiger partial charge on any atom is -0.263 e. The highest BCUT2D eigenvalue weighted by molar-refractivity contribution is 5.89. The molecule has 246 valence electrons. The molecule has 0 atom stereocenters. The molecule has 18 heteroatoms. The summed E-state index contributed by atoms with van der Waals surface area (Å²) in [4.78, 5) is 24.9. The fourth-order valence-electron chi connectivity index (χ4n) is 4.97. The topological polar surface area (TPSA) is 170 Å². The smallest absolute Gasteiger partial charge is 0.263 e. The van der Waals surface area contributed by atoms with Gasteiger partial charge in [0.25, 0.3) is 0 Å². The first-order valence-corrected chi connectivity index (χ1v) is 14.7. The summed E-state index contributed by atoms with van der Waals surface area (Å²) in [5.74, 6) is 0.230. The molecular formula is C31H24F4N14. The number of nitrogens with zero attached hydrogens (tertiary/aromatic N) is 12. The summed E-state index contributed by atoms with van der Waals surface area (Å²) in [6.07, 6.45) is 2.23. The summed E-state index contributed by atoms with van der Waals surface area (Å²) < 4.78 is 55.4. The van der Waals surface area contributed by atoms with Crippen LogP contribution < -0.4 is 0 Å². The van der Waals surface area contributed by atoms with Gasteiger partial charge in [0.1, 0.15) is 28.9 Å². The Hall–Kier alpha value is -6.46. The van der Waals surface area contributed by atoms with Crippen molar-refractivity contribution in [3.05, 3.63) is 108 Å². The number of alkyl halides is 3. The van der Waals surface area contributed by atoms with Gasteiger partial charge in [-0.1, -0.05) is 18.2 Å². The molecule has 0 bridgehead atoms. The highest BCUT2D eigenvalue weighted by Crippen LogP contribution is 2.30. The van der Waals surface area contributed by atoms with E-state index in [2.05, 4.69) is 55.4 Å². The van der Waals surface area contributed by atoms with E-state index in [9.17, 15) is 17.6 Å². The molecule has 49 heavy (non-hydrogen) atoms. The van der Waals surface area contributed by atoms with Gasteiger partial charge in [-0.2, -0.15) is 33.6 Å². The van der Waals surface area contributed by atoms with Crippen molar-refractivity contribution in [1.29, 1.82) is 0 Å². The zero-order chi connectivity index (χ0) is 34.1. The highest BCUT2D eigenvalue weighted by atomic mass is 19.4. The van der Waals surface area contributed by atoms with Gasteiger partial charge in [0.15, 0.2) is 11.3 Å². The third-order valence-corrected chi connectivity index (χ3v) is 7.23. The molecule has 1 aromatic carbocycles. The first-order valence-electron chi connectivity index (χ1n) is 14.7. The van der Waals surface area contributed by atoms with E-state index in [4.69, 9.17) is 0 Å². The van der Waals surface area contributed by atoms with Gasteiger partial charge in [0.2, 0.25) is 17.5 Å². The van der Waals surface area contributed by atoms with E-state index in [1.54, 1.807) is 48.9 Å². The molecule has 0 aliphatic carbocycles. The molecule has 0 saturated carbocycles. The second kappa shape index (κ2) is 12.6. The van der Waals surface area contributed by atoms with Gasteiger partial charge in [-0.25, -0.2) is 43.7 Å². The van der Waals surface area contributed by atoms with Crippen molar-refractivity contribution in [1.82, 2.24) is 69.9 Å². The predicted octanol–water partition coefficient (Wildman–Crippen LogP) is 5.09. The van der Waals surface area contributed by atoms with E-state index in [1.807, 2.05) is 35.8 Å². The van der Waals surface area contributed by atoms with E-state index in [0.717, 1.165) is 28.2 Å². The van der Waals surface area contributed by atoms with Crippen molar-refractivity contribution in [3.8, 4) is 23.0 Å². The lowest BCUT2D eigenvalue weighted by Gasteiger charge is -2.04. The Morgan fingerprint density at radius 3 is 1.86 bits per heavy atom. The Morgan fingerprint density at radius 1 is 0.694 bits per heavy atom. The maximum atomic E-state index is 13.9. The molecule has 7 heterocycles. The molecule has 0 aliphatic heterocycles. The number of rotatable bonds is 6. The lowest BCUT2D eigenvalue weighted by molar-refractivity contribution is -0.144. The Labute approximate surface area is 273 Å². The second-order valence-corrected chi connectivity index (χ2v) is 10.7. The van der Waals surface area contributed by atoms with Crippen LogP contribution in [0.4, 0.5) is 17.6 Å². The Balaban J connectivity index is 0.000000155. The normalized spacial score (nSPS) is 11.6. The first kappa shape index (κ1) is 31.2. The molecule has 0 saturated heterocycles. The number of hydrogen-bond acceptors (Lipinski definition) is 10. The average molecular weight is 669 g/mol. The van der Waals surface area contributed by atoms with Crippen LogP contribution in [0.1, 0.15) is 28.6 Å². The second-order valence-electron chi connectivity index (χ2n) is 10.7. The van der Waals surface area contributed by atoms with Crippen LogP contribution in [0, 0.1) is 19.7 Å². The number of pyridine rings is 2. The molecule has 0 amide bonds. The number of aromatic amines is 2. The zero-order valence-electron chi connectivity index (χ0n) is 25.7. The van der Waals surface area contributed by atoms with Crippen LogP contribution in [0.3, 0.4) is 0 Å². The number of benzene rings is 1. The number of halogens is 4. The van der Waals surface area contributed by atoms with E-state index in [0.29, 0.717) is 34.7 Å². The van der Waals surface area contributed by atoms with Crippen LogP contribution in [0.5, 0.6) is 0 Å². The van der Waals surface area contributed by atoms with E-state index >= 15 is 0 Å². The monoisotopic (exact) mass is 668 g/mol. The van der Waals surface area contributed by atoms with Crippen LogP contribution in [-0.4, -0.2) is 69.9 Å². The molecule has 0 radical (unpaired) electrons. The number of aryl methyl sites for hydroxylation is 2. The van der Waals surface area contributed by atoms with Crippen LogP contribution >= 0.6 is 0 Å². The van der Waals surface area contributed by atoms with Gasteiger partial charge in [-0.15, -0.1) is 0 Å². The number of nitrogens with one attached hydrogen (secondary N) is 2. The van der Waals surface area contributed by atoms with Gasteiger partial charge in [0.05, 0.1) is 23.9 Å². The van der Waals surface area contributed by atoms with Gasteiger partial charge in [-0.3, -0.25) is 10.2 Å². The maximum absolute atomic E-state index is 13.9. The number of aromatic nitrogens is 14. The minimum atomic E-state index is -4.64. The molecule has 0 aliphatic rings. The molecular weight excluding hydrogens is 644 g/mol. The fourth-order valence-corrected chi connectivity index (χ4v) is 4.97. The Kier molecular flexibility index (Phi) is 8.03. The lowest BCUT2D eigenvalue weighted by Crippen LogP contribution is -2.07. The van der Waals surface area contributed by atoms with Crippen molar-refractivity contribution >= 4 is 22.1 Å². The maximum Gasteiger partial charge on any atom is 0.451 e. The first-order chi connectivity index (χ1) is 23.6. The summed E-state index contributed by atoms with van der Waals surface area (Å²) in [5, 5.41) is 22.8. The highest BCUT2D eigenvalue weighted by Gasteiger charge is 2.36. The SMILES string of the molecule is Cc1ncc(Cn2nc(-c3n[nH]c(C)n3)c3cccnc32)cn1.Fc1ccccc1Cn1nc(-c2n[nH]c(C(F)(F)F)n2)c2cccnc21. The molecule has 8 aromatic rings. The molecule has 8 rings (SSSR count). The molecule has 0 spiro atoms. The van der Waals surface area contributed by atoms with Crippen LogP contribution in [0.2, 0.25) is 0 Å². The fraction of sp³-hybridized carbons (Fsp3) is 0.161. The number of hydrogen-bond donors (Lipinski definition) is 2. The quantitative estimate of drug-likeness (QED) is 0.227. The van der Waals surface area contributed by atoms with Gasteiger partial charge < -0.3 is 0 Å². The predicted molar refractivity (Wildman–Crippen MR) is 167 cm³/mol. The minimum absolute atomic E-state index is 0.0662. The van der Waals surface area contributed by atoms with Gasteiger partial charge in [0, 0.05) is 35.9 Å². The third kappa shape index (κ3) is 6.42. The summed E-state index contributed by atoms with van der Waals surface area (Å²) in [6, 6.07) is 13.3. The largest absolute Gasteiger partial charge is 0.451 e. The third-order valence-electron chi connectivity index (χ3n) is 7.23. The summed E-state index contributed by atoms with van der Waals surface area (Å²) in [5.41, 5.74) is 3.36. The Morgan fingerprint density at radius 2 is 1.29 bits per heavy atom. The standard InChI is InChI=1S/C16H10F4N6.C15H14N8/c17-11-6-2-1-4-9(11)8-26-14-10(5-3-7-21-14)12(25-26)13-22-15(24-23-13)16(18,19)20;1-9-17-6-11(7-18-9)8-23-15-12(4-3-5-16-15)13(22-23)14-19-10(2)20-21-14/h1-7H,8H2,(H,22,23,24);3-7H,8H2,1-2H3,(H,19,20,21). The summed E-state index contributed by atoms with van der Waals surface area (Å²) in [7, 11) is 0. The molecule has 0 unspecified atom stereocenters. The number of H-pyrrole nitrogens is 2. The summed E-state index contributed by atoms with van der Waals surface area (Å²) >= 11 is 0. The van der Waals surface area contributed by atoms with Crippen molar-refractivity contribution in [3.63, 3.8) is 0 Å². The zero-order valence-corrected chi connectivity index (χ0v) is 25.7. The van der Waals surface area contributed by atoms with Crippen molar-refractivity contribution in [2.45, 2.75) is 33.1 Å². The molecule has 7 aromatic heterocycles. The molecule has 14 nitrogen and oxygen atoms in total. The van der Waals surface area contributed by atoms with E-state index < -0.39 is 17.8 Å². The van der Waals surface area contributed by atoms with E-state index in [-0.39, 0.29) is 18.1 Å². The van der Waals surface area contributed by atoms with Crippen LogP contribution in [0.25, 0.3) is 45.1 Å². The Bertz CT molecular complexity index is 2390. The average Bonchev–Trinajstić information content (AvgIpc) is 3.89. The van der Waals surface area contributed by atoms with Gasteiger partial charge in [-0.05, 0) is 44.2 Å². The van der Waals surface area contributed by atoms with Crippen LogP contribution in [0.15, 0.2) is 73.3 Å².